The van der Waals surface area contributed by atoms with Crippen LogP contribution in [0.2, 0.25) is 0 Å². The zero-order chi connectivity index (χ0) is 17.4. The van der Waals surface area contributed by atoms with Crippen LogP contribution in [0, 0.1) is 23.2 Å². The lowest BCUT2D eigenvalue weighted by Crippen LogP contribution is -2.43. The molecule has 0 radical (unpaired) electrons. The van der Waals surface area contributed by atoms with E-state index in [4.69, 9.17) is 5.26 Å². The zero-order valence-corrected chi connectivity index (χ0v) is 13.8. The van der Waals surface area contributed by atoms with Gasteiger partial charge < -0.3 is 10.2 Å². The zero-order valence-electron chi connectivity index (χ0n) is 13.8. The first-order valence-electron chi connectivity index (χ1n) is 8.02. The van der Waals surface area contributed by atoms with Crippen LogP contribution in [0.5, 0.6) is 0 Å². The number of nitrogens with one attached hydrogen (secondary N) is 2. The third-order valence-electron chi connectivity index (χ3n) is 4.21. The van der Waals surface area contributed by atoms with E-state index >= 15 is 0 Å². The molecule has 2 rings (SSSR count). The number of piperidine rings is 1. The normalized spacial score (nSPS) is 16.5. The number of likely N-dealkylation sites (tertiary alicyclic amines) is 1. The lowest BCUT2D eigenvalue weighted by Gasteiger charge is -2.31. The highest BCUT2D eigenvalue weighted by Gasteiger charge is 2.25. The predicted octanol–water partition coefficient (Wildman–Crippen LogP) is 1.37. The molecule has 0 aliphatic carbocycles. The van der Waals surface area contributed by atoms with Crippen LogP contribution >= 0.6 is 0 Å². The van der Waals surface area contributed by atoms with Crippen LogP contribution < -0.4 is 10.6 Å². The Morgan fingerprint density at radius 3 is 2.62 bits per heavy atom. The Hall–Kier alpha value is -2.46. The van der Waals surface area contributed by atoms with Gasteiger partial charge in [0.1, 0.15) is 5.82 Å². The van der Waals surface area contributed by atoms with Gasteiger partial charge in [0.05, 0.1) is 0 Å². The number of hydrogen-bond donors (Lipinski definition) is 2. The van der Waals surface area contributed by atoms with E-state index in [2.05, 4.69) is 20.5 Å². The molecule has 1 saturated heterocycles. The Kier molecular flexibility index (Phi) is 6.70. The molecule has 24 heavy (non-hydrogen) atoms. The molecular weight excluding hydrogens is 309 g/mol. The summed E-state index contributed by atoms with van der Waals surface area (Å²) in [6.45, 7) is 3.20. The molecule has 0 amide bonds. The first kappa shape index (κ1) is 17.9. The molecule has 0 bridgehead atoms. The summed E-state index contributed by atoms with van der Waals surface area (Å²) < 4.78 is 12.9. The van der Waals surface area contributed by atoms with E-state index in [9.17, 15) is 9.18 Å². The number of hydrogen-bond acceptors (Lipinski definition) is 4. The Bertz CT molecular complexity index is 615. The number of guanidine groups is 1. The number of benzene rings is 1. The van der Waals surface area contributed by atoms with Gasteiger partial charge in [-0.15, -0.1) is 0 Å². The quantitative estimate of drug-likeness (QED) is 0.280. The Morgan fingerprint density at radius 1 is 1.38 bits per heavy atom. The van der Waals surface area contributed by atoms with E-state index in [0.29, 0.717) is 18.1 Å². The SMILES string of the molecule is CN=C(NC#N)NCCN1CCC(C(=O)c2ccc(F)cc2)CC1. The van der Waals surface area contributed by atoms with Crippen molar-refractivity contribution in [2.45, 2.75) is 12.8 Å². The van der Waals surface area contributed by atoms with E-state index in [1.807, 2.05) is 6.19 Å². The van der Waals surface area contributed by atoms with Gasteiger partial charge >= 0.3 is 0 Å². The first-order chi connectivity index (χ1) is 11.6. The highest BCUT2D eigenvalue weighted by atomic mass is 19.1. The number of carbonyl (C=O) groups is 1. The lowest BCUT2D eigenvalue weighted by molar-refractivity contribution is 0.0842. The topological polar surface area (TPSA) is 80.5 Å². The van der Waals surface area contributed by atoms with Crippen molar-refractivity contribution in [2.24, 2.45) is 10.9 Å². The Labute approximate surface area is 141 Å². The standard InChI is InChI=1S/C17H22FN5O/c1-20-17(22-12-19)21-8-11-23-9-6-14(7-10-23)16(24)13-2-4-15(18)5-3-13/h2-5,14H,6-11H2,1H3,(H2,20,21,22). The molecule has 7 heteroatoms. The molecule has 0 saturated carbocycles. The van der Waals surface area contributed by atoms with Crippen LogP contribution in [0.1, 0.15) is 23.2 Å². The summed E-state index contributed by atoms with van der Waals surface area (Å²) in [6, 6.07) is 5.77. The van der Waals surface area contributed by atoms with Gasteiger partial charge in [-0.25, -0.2) is 4.39 Å². The smallest absolute Gasteiger partial charge is 0.204 e. The summed E-state index contributed by atoms with van der Waals surface area (Å²) >= 11 is 0. The Balaban J connectivity index is 1.74. The van der Waals surface area contributed by atoms with Gasteiger partial charge in [-0.3, -0.25) is 15.1 Å². The molecule has 6 nitrogen and oxygen atoms in total. The van der Waals surface area contributed by atoms with Gasteiger partial charge in [0.25, 0.3) is 0 Å². The molecule has 1 aromatic carbocycles. The van der Waals surface area contributed by atoms with Crippen LogP contribution in [0.15, 0.2) is 29.3 Å². The summed E-state index contributed by atoms with van der Waals surface area (Å²) in [5.74, 6) is 0.243. The van der Waals surface area contributed by atoms with Gasteiger partial charge in [-0.05, 0) is 50.2 Å². The van der Waals surface area contributed by atoms with E-state index in [0.717, 1.165) is 32.5 Å². The molecule has 1 heterocycles. The minimum Gasteiger partial charge on any atom is -0.354 e. The van der Waals surface area contributed by atoms with Crippen molar-refractivity contribution in [3.63, 3.8) is 0 Å². The number of Topliss-reactive ketones (excluding diaryl/α,β-unsaturated/α-hetero) is 1. The molecule has 2 N–H and O–H groups in total. The molecule has 1 aliphatic rings. The van der Waals surface area contributed by atoms with E-state index in [-0.39, 0.29) is 17.5 Å². The van der Waals surface area contributed by atoms with E-state index < -0.39 is 0 Å². The fourth-order valence-corrected chi connectivity index (χ4v) is 2.83. The number of carbonyl (C=O) groups excluding carboxylic acids is 1. The number of ketones is 1. The van der Waals surface area contributed by atoms with Crippen LogP contribution in [-0.4, -0.2) is 49.9 Å². The summed E-state index contributed by atoms with van der Waals surface area (Å²) in [5, 5.41) is 14.1. The molecule has 0 spiro atoms. The number of nitriles is 1. The van der Waals surface area contributed by atoms with Crippen molar-refractivity contribution >= 4 is 11.7 Å². The van der Waals surface area contributed by atoms with Crippen molar-refractivity contribution in [2.75, 3.05) is 33.2 Å². The number of rotatable bonds is 5. The lowest BCUT2D eigenvalue weighted by atomic mass is 9.89. The van der Waals surface area contributed by atoms with Crippen molar-refractivity contribution in [3.8, 4) is 6.19 Å². The second-order valence-corrected chi connectivity index (χ2v) is 5.72. The number of halogens is 1. The maximum atomic E-state index is 12.9. The summed E-state index contributed by atoms with van der Waals surface area (Å²) in [4.78, 5) is 18.6. The fraction of sp³-hybridized carbons (Fsp3) is 0.471. The molecule has 1 aliphatic heterocycles. The van der Waals surface area contributed by atoms with Crippen molar-refractivity contribution in [1.29, 1.82) is 5.26 Å². The van der Waals surface area contributed by atoms with E-state index in [1.54, 1.807) is 19.2 Å². The summed E-state index contributed by atoms with van der Waals surface area (Å²) in [6.07, 6.45) is 3.44. The summed E-state index contributed by atoms with van der Waals surface area (Å²) in [5.41, 5.74) is 0.586. The van der Waals surface area contributed by atoms with Gasteiger partial charge in [0, 0.05) is 31.6 Å². The monoisotopic (exact) mass is 331 g/mol. The second-order valence-electron chi connectivity index (χ2n) is 5.72. The molecule has 0 aromatic heterocycles. The predicted molar refractivity (Wildman–Crippen MR) is 90.0 cm³/mol. The van der Waals surface area contributed by atoms with E-state index in [1.165, 1.54) is 12.1 Å². The average molecular weight is 331 g/mol. The van der Waals surface area contributed by atoms with Crippen LogP contribution in [-0.2, 0) is 0 Å². The van der Waals surface area contributed by atoms with Gasteiger partial charge in [-0.1, -0.05) is 0 Å². The van der Waals surface area contributed by atoms with Crippen molar-refractivity contribution in [3.05, 3.63) is 35.6 Å². The summed E-state index contributed by atoms with van der Waals surface area (Å²) in [7, 11) is 1.61. The van der Waals surface area contributed by atoms with Crippen LogP contribution in [0.25, 0.3) is 0 Å². The largest absolute Gasteiger partial charge is 0.354 e. The van der Waals surface area contributed by atoms with Gasteiger partial charge in [0.2, 0.25) is 5.96 Å². The maximum Gasteiger partial charge on any atom is 0.204 e. The average Bonchev–Trinajstić information content (AvgIpc) is 2.61. The minimum absolute atomic E-state index is 0.00712. The first-order valence-corrected chi connectivity index (χ1v) is 8.02. The minimum atomic E-state index is -0.324. The number of aliphatic imine (C=N–C) groups is 1. The highest BCUT2D eigenvalue weighted by Crippen LogP contribution is 2.21. The van der Waals surface area contributed by atoms with Crippen LogP contribution in [0.4, 0.5) is 4.39 Å². The number of nitrogens with zero attached hydrogens (tertiary/aromatic N) is 3. The van der Waals surface area contributed by atoms with Crippen LogP contribution in [0.3, 0.4) is 0 Å². The van der Waals surface area contributed by atoms with Crippen molar-refractivity contribution < 1.29 is 9.18 Å². The molecule has 0 atom stereocenters. The molecule has 128 valence electrons. The molecule has 1 aromatic rings. The third-order valence-corrected chi connectivity index (χ3v) is 4.21. The molecule has 0 unspecified atom stereocenters. The van der Waals surface area contributed by atoms with Gasteiger partial charge in [-0.2, -0.15) is 5.26 Å². The van der Waals surface area contributed by atoms with Gasteiger partial charge in [0.15, 0.2) is 12.0 Å². The maximum absolute atomic E-state index is 12.9. The highest BCUT2D eigenvalue weighted by molar-refractivity contribution is 5.97. The third kappa shape index (κ3) is 5.03. The van der Waals surface area contributed by atoms with Crippen molar-refractivity contribution in [1.82, 2.24) is 15.5 Å². The Morgan fingerprint density at radius 2 is 2.04 bits per heavy atom. The molecule has 1 fully saturated rings. The fourth-order valence-electron chi connectivity index (χ4n) is 2.83. The second kappa shape index (κ2) is 8.99. The molecular formula is C17H22FN5O.